The Morgan fingerprint density at radius 1 is 1.21 bits per heavy atom. The summed E-state index contributed by atoms with van der Waals surface area (Å²) in [5, 5.41) is 0.565. The van der Waals surface area contributed by atoms with Gasteiger partial charge in [0.25, 0.3) is 0 Å². The maximum absolute atomic E-state index is 6.00. The SMILES string of the molecule is COCCOCCCOCc1nc(NN)ccc1Cl. The Morgan fingerprint density at radius 2 is 2.00 bits per heavy atom. The Morgan fingerprint density at radius 3 is 2.74 bits per heavy atom. The topological polar surface area (TPSA) is 78.6 Å². The average molecular weight is 290 g/mol. The molecule has 1 aromatic rings. The van der Waals surface area contributed by atoms with Crippen LogP contribution >= 0.6 is 11.6 Å². The van der Waals surface area contributed by atoms with Crippen LogP contribution in [0, 0.1) is 0 Å². The van der Waals surface area contributed by atoms with Crippen molar-refractivity contribution in [3.8, 4) is 0 Å². The second kappa shape index (κ2) is 9.94. The van der Waals surface area contributed by atoms with Gasteiger partial charge in [-0.1, -0.05) is 11.6 Å². The van der Waals surface area contributed by atoms with Crippen molar-refractivity contribution in [2.45, 2.75) is 13.0 Å². The molecule has 0 aliphatic heterocycles. The molecule has 0 bridgehead atoms. The van der Waals surface area contributed by atoms with Crippen LogP contribution in [0.2, 0.25) is 5.02 Å². The van der Waals surface area contributed by atoms with E-state index in [9.17, 15) is 0 Å². The standard InChI is InChI=1S/C12H20ClN3O3/c1-17-7-8-18-5-2-6-19-9-11-10(13)3-4-12(15-11)16-14/h3-4H,2,5-9,14H2,1H3,(H,15,16). The fourth-order valence-corrected chi connectivity index (χ4v) is 1.50. The molecule has 0 amide bonds. The predicted octanol–water partition coefficient (Wildman–Crippen LogP) is 1.59. The van der Waals surface area contributed by atoms with E-state index in [0.717, 1.165) is 6.42 Å². The van der Waals surface area contributed by atoms with Gasteiger partial charge in [-0.3, -0.25) is 0 Å². The summed E-state index contributed by atoms with van der Waals surface area (Å²) in [6.45, 7) is 2.81. The minimum absolute atomic E-state index is 0.354. The van der Waals surface area contributed by atoms with Crippen LogP contribution < -0.4 is 11.3 Å². The molecule has 0 aromatic carbocycles. The van der Waals surface area contributed by atoms with Crippen molar-refractivity contribution < 1.29 is 14.2 Å². The predicted molar refractivity (Wildman–Crippen MR) is 74.0 cm³/mol. The van der Waals surface area contributed by atoms with Crippen molar-refractivity contribution in [1.29, 1.82) is 0 Å². The zero-order chi connectivity index (χ0) is 13.9. The van der Waals surface area contributed by atoms with Crippen LogP contribution in [0.5, 0.6) is 0 Å². The molecule has 1 rings (SSSR count). The molecule has 19 heavy (non-hydrogen) atoms. The van der Waals surface area contributed by atoms with E-state index in [2.05, 4.69) is 10.4 Å². The van der Waals surface area contributed by atoms with Crippen molar-refractivity contribution in [2.24, 2.45) is 5.84 Å². The molecule has 0 aliphatic carbocycles. The lowest BCUT2D eigenvalue weighted by Crippen LogP contribution is -2.10. The first kappa shape index (κ1) is 16.1. The number of rotatable bonds is 10. The summed E-state index contributed by atoms with van der Waals surface area (Å²) < 4.78 is 15.7. The summed E-state index contributed by atoms with van der Waals surface area (Å²) in [7, 11) is 1.65. The number of hydrogen-bond donors (Lipinski definition) is 2. The van der Waals surface area contributed by atoms with Gasteiger partial charge in [0.15, 0.2) is 0 Å². The highest BCUT2D eigenvalue weighted by Crippen LogP contribution is 2.16. The average Bonchev–Trinajstić information content (AvgIpc) is 2.43. The highest BCUT2D eigenvalue weighted by Gasteiger charge is 2.03. The zero-order valence-corrected chi connectivity index (χ0v) is 11.8. The third kappa shape index (κ3) is 6.70. The fourth-order valence-electron chi connectivity index (χ4n) is 1.34. The Kier molecular flexibility index (Phi) is 8.44. The van der Waals surface area contributed by atoms with Crippen LogP contribution in [0.15, 0.2) is 12.1 Å². The molecule has 1 heterocycles. The molecule has 6 nitrogen and oxygen atoms in total. The van der Waals surface area contributed by atoms with Crippen LogP contribution in [-0.4, -0.2) is 38.5 Å². The van der Waals surface area contributed by atoms with E-state index in [1.807, 2.05) is 0 Å². The second-order valence-electron chi connectivity index (χ2n) is 3.78. The Labute approximate surface area is 118 Å². The number of nitrogens with two attached hydrogens (primary N) is 1. The van der Waals surface area contributed by atoms with Gasteiger partial charge in [-0.15, -0.1) is 0 Å². The number of ether oxygens (including phenoxy) is 3. The Hall–Kier alpha value is -0.920. The molecule has 0 unspecified atom stereocenters. The van der Waals surface area contributed by atoms with Gasteiger partial charge in [0, 0.05) is 20.3 Å². The van der Waals surface area contributed by atoms with Crippen molar-refractivity contribution in [2.75, 3.05) is 39.0 Å². The summed E-state index contributed by atoms with van der Waals surface area (Å²) in [5.41, 5.74) is 3.13. The van der Waals surface area contributed by atoms with E-state index in [1.165, 1.54) is 0 Å². The first-order chi connectivity index (χ1) is 9.27. The summed E-state index contributed by atoms with van der Waals surface area (Å²) in [6.07, 6.45) is 0.816. The van der Waals surface area contributed by atoms with E-state index in [4.69, 9.17) is 31.7 Å². The van der Waals surface area contributed by atoms with Gasteiger partial charge in [0.05, 0.1) is 30.5 Å². The van der Waals surface area contributed by atoms with Crippen LogP contribution in [0.25, 0.3) is 0 Å². The van der Waals surface area contributed by atoms with Crippen molar-refractivity contribution in [3.05, 3.63) is 22.8 Å². The lowest BCUT2D eigenvalue weighted by Gasteiger charge is -2.08. The Balaban J connectivity index is 2.15. The van der Waals surface area contributed by atoms with Crippen LogP contribution in [-0.2, 0) is 20.8 Å². The molecule has 0 radical (unpaired) electrons. The number of pyridine rings is 1. The summed E-state index contributed by atoms with van der Waals surface area (Å²) in [5.74, 6) is 5.84. The van der Waals surface area contributed by atoms with Crippen LogP contribution in [0.1, 0.15) is 12.1 Å². The first-order valence-corrected chi connectivity index (χ1v) is 6.42. The van der Waals surface area contributed by atoms with E-state index < -0.39 is 0 Å². The molecule has 7 heteroatoms. The largest absolute Gasteiger partial charge is 0.382 e. The number of nitrogens with zero attached hydrogens (tertiary/aromatic N) is 1. The third-order valence-corrected chi connectivity index (χ3v) is 2.66. The maximum Gasteiger partial charge on any atom is 0.140 e. The molecule has 0 aliphatic rings. The highest BCUT2D eigenvalue weighted by molar-refractivity contribution is 6.31. The van der Waals surface area contributed by atoms with Gasteiger partial charge in [-0.05, 0) is 18.6 Å². The molecule has 0 saturated carbocycles. The summed E-state index contributed by atoms with van der Waals surface area (Å²) in [4.78, 5) is 4.21. The molecule has 0 spiro atoms. The third-order valence-electron chi connectivity index (χ3n) is 2.31. The second-order valence-corrected chi connectivity index (χ2v) is 4.19. The smallest absolute Gasteiger partial charge is 0.140 e. The highest BCUT2D eigenvalue weighted by atomic mass is 35.5. The van der Waals surface area contributed by atoms with E-state index in [-0.39, 0.29) is 0 Å². The molecule has 108 valence electrons. The fraction of sp³-hybridized carbons (Fsp3) is 0.583. The lowest BCUT2D eigenvalue weighted by atomic mass is 10.3. The van der Waals surface area contributed by atoms with E-state index in [0.29, 0.717) is 49.6 Å². The van der Waals surface area contributed by atoms with Gasteiger partial charge in [-0.25, -0.2) is 10.8 Å². The monoisotopic (exact) mass is 289 g/mol. The van der Waals surface area contributed by atoms with Crippen LogP contribution in [0.4, 0.5) is 5.82 Å². The summed E-state index contributed by atoms with van der Waals surface area (Å²) >= 11 is 6.00. The molecule has 1 aromatic heterocycles. The molecular weight excluding hydrogens is 270 g/mol. The Bertz CT molecular complexity index is 366. The number of halogens is 1. The summed E-state index contributed by atoms with van der Waals surface area (Å²) in [6, 6.07) is 3.44. The molecular formula is C12H20ClN3O3. The van der Waals surface area contributed by atoms with Crippen molar-refractivity contribution >= 4 is 17.4 Å². The van der Waals surface area contributed by atoms with Gasteiger partial charge < -0.3 is 19.6 Å². The molecule has 3 N–H and O–H groups in total. The normalized spacial score (nSPS) is 10.7. The lowest BCUT2D eigenvalue weighted by molar-refractivity contribution is 0.0478. The quantitative estimate of drug-likeness (QED) is 0.387. The van der Waals surface area contributed by atoms with Gasteiger partial charge >= 0.3 is 0 Å². The minimum Gasteiger partial charge on any atom is -0.382 e. The van der Waals surface area contributed by atoms with E-state index >= 15 is 0 Å². The number of nitrogens with one attached hydrogen (secondary N) is 1. The first-order valence-electron chi connectivity index (χ1n) is 6.04. The van der Waals surface area contributed by atoms with Gasteiger partial charge in [0.2, 0.25) is 0 Å². The zero-order valence-electron chi connectivity index (χ0n) is 11.0. The number of methoxy groups -OCH3 is 1. The maximum atomic E-state index is 6.00. The van der Waals surface area contributed by atoms with Crippen molar-refractivity contribution in [1.82, 2.24) is 4.98 Å². The van der Waals surface area contributed by atoms with Crippen molar-refractivity contribution in [3.63, 3.8) is 0 Å². The number of hydrogen-bond acceptors (Lipinski definition) is 6. The number of hydrazine groups is 1. The number of aromatic nitrogens is 1. The van der Waals surface area contributed by atoms with Crippen LogP contribution in [0.3, 0.4) is 0 Å². The minimum atomic E-state index is 0.354. The molecule has 0 saturated heterocycles. The molecule has 0 fully saturated rings. The number of anilines is 1. The number of nitrogen functional groups attached to an aromatic ring is 1. The van der Waals surface area contributed by atoms with Gasteiger partial charge in [-0.2, -0.15) is 0 Å². The van der Waals surface area contributed by atoms with Gasteiger partial charge in [0.1, 0.15) is 5.82 Å². The molecule has 0 atom stereocenters. The van der Waals surface area contributed by atoms with E-state index in [1.54, 1.807) is 19.2 Å².